The number of hydrogen-bond donors (Lipinski definition) is 1. The first-order valence-corrected chi connectivity index (χ1v) is 9.06. The normalized spacial score (nSPS) is 10.7. The first-order valence-electron chi connectivity index (χ1n) is 8.68. The fourth-order valence-electron chi connectivity index (χ4n) is 2.37. The molecule has 0 aromatic heterocycles. The number of carbonyl (C=O) groups excluding carboxylic acids is 1. The Morgan fingerprint density at radius 2 is 2.00 bits per heavy atom. The first-order chi connectivity index (χ1) is 13.5. The maximum Gasteiger partial charge on any atom is 0.266 e. The van der Waals surface area contributed by atoms with Crippen molar-refractivity contribution in [3.8, 4) is 17.6 Å². The third-order valence-electron chi connectivity index (χ3n) is 3.66. The highest BCUT2D eigenvalue weighted by Gasteiger charge is 2.14. The van der Waals surface area contributed by atoms with Gasteiger partial charge in [0.2, 0.25) is 0 Å². The Bertz CT molecular complexity index is 928. The molecule has 0 unspecified atom stereocenters. The van der Waals surface area contributed by atoms with E-state index in [1.54, 1.807) is 30.3 Å². The van der Waals surface area contributed by atoms with E-state index in [1.165, 1.54) is 6.08 Å². The molecule has 28 heavy (non-hydrogen) atoms. The molecule has 0 atom stereocenters. The van der Waals surface area contributed by atoms with Crippen molar-refractivity contribution >= 4 is 29.3 Å². The van der Waals surface area contributed by atoms with E-state index in [1.807, 2.05) is 32.0 Å². The van der Waals surface area contributed by atoms with Gasteiger partial charge in [-0.2, -0.15) is 5.26 Å². The molecule has 0 saturated carbocycles. The van der Waals surface area contributed by atoms with E-state index in [-0.39, 0.29) is 12.2 Å². The lowest BCUT2D eigenvalue weighted by atomic mass is 10.1. The number of hydrogen-bond acceptors (Lipinski definition) is 4. The van der Waals surface area contributed by atoms with Crippen LogP contribution in [0.4, 0.5) is 5.69 Å². The zero-order chi connectivity index (χ0) is 20.5. The average Bonchev–Trinajstić information content (AvgIpc) is 2.67. The van der Waals surface area contributed by atoms with E-state index >= 15 is 0 Å². The van der Waals surface area contributed by atoms with Crippen molar-refractivity contribution < 1.29 is 14.3 Å². The lowest BCUT2D eigenvalue weighted by molar-refractivity contribution is -0.112. The molecule has 1 amide bonds. The zero-order valence-corrected chi connectivity index (χ0v) is 16.5. The fraction of sp³-hybridized carbons (Fsp3) is 0.182. The molecule has 0 bridgehead atoms. The Balaban J connectivity index is 2.31. The highest BCUT2D eigenvalue weighted by Crippen LogP contribution is 2.37. The van der Waals surface area contributed by atoms with Gasteiger partial charge in [-0.05, 0) is 49.8 Å². The van der Waals surface area contributed by atoms with Crippen molar-refractivity contribution in [1.29, 1.82) is 5.26 Å². The highest BCUT2D eigenvalue weighted by atomic mass is 35.5. The van der Waals surface area contributed by atoms with Crippen LogP contribution in [-0.4, -0.2) is 19.1 Å². The maximum atomic E-state index is 12.4. The SMILES string of the molecule is C=CCOc1c(Cl)cc(C=C(C#N)C(=O)Nc2ccc(C)cc2)cc1OCC. The minimum absolute atomic E-state index is 0.0566. The second-order valence-corrected chi connectivity index (χ2v) is 6.26. The molecule has 2 aromatic rings. The number of nitrogens with one attached hydrogen (secondary N) is 1. The first kappa shape index (κ1) is 21.1. The number of carbonyl (C=O) groups is 1. The van der Waals surface area contributed by atoms with E-state index in [9.17, 15) is 10.1 Å². The van der Waals surface area contributed by atoms with Crippen molar-refractivity contribution in [3.63, 3.8) is 0 Å². The lowest BCUT2D eigenvalue weighted by Crippen LogP contribution is -2.13. The lowest BCUT2D eigenvalue weighted by Gasteiger charge is -2.13. The number of ether oxygens (including phenoxy) is 2. The Labute approximate surface area is 169 Å². The molecule has 0 heterocycles. The summed E-state index contributed by atoms with van der Waals surface area (Å²) in [6, 6.07) is 12.5. The van der Waals surface area contributed by atoms with Crippen molar-refractivity contribution in [2.24, 2.45) is 0 Å². The van der Waals surface area contributed by atoms with Crippen molar-refractivity contribution in [1.82, 2.24) is 0 Å². The molecule has 2 rings (SSSR count). The summed E-state index contributed by atoms with van der Waals surface area (Å²) in [4.78, 5) is 12.4. The second kappa shape index (κ2) is 10.2. The molecule has 0 aliphatic carbocycles. The van der Waals surface area contributed by atoms with Crippen molar-refractivity contribution in [3.05, 3.63) is 70.8 Å². The van der Waals surface area contributed by atoms with Gasteiger partial charge in [0.05, 0.1) is 11.6 Å². The minimum atomic E-state index is -0.507. The molecule has 0 saturated heterocycles. The van der Waals surface area contributed by atoms with Gasteiger partial charge in [0.25, 0.3) is 5.91 Å². The van der Waals surface area contributed by atoms with E-state index in [4.69, 9.17) is 21.1 Å². The van der Waals surface area contributed by atoms with Crippen molar-refractivity contribution in [2.45, 2.75) is 13.8 Å². The average molecular weight is 397 g/mol. The van der Waals surface area contributed by atoms with Gasteiger partial charge in [-0.3, -0.25) is 4.79 Å². The Morgan fingerprint density at radius 3 is 2.61 bits per heavy atom. The van der Waals surface area contributed by atoms with Gasteiger partial charge in [-0.1, -0.05) is 42.0 Å². The number of rotatable bonds is 8. The number of amides is 1. The smallest absolute Gasteiger partial charge is 0.266 e. The molecule has 0 spiro atoms. The van der Waals surface area contributed by atoms with Gasteiger partial charge in [0.1, 0.15) is 18.2 Å². The van der Waals surface area contributed by atoms with E-state index in [0.29, 0.717) is 34.4 Å². The minimum Gasteiger partial charge on any atom is -0.490 e. The summed E-state index contributed by atoms with van der Waals surface area (Å²) >= 11 is 6.30. The predicted octanol–water partition coefficient (Wildman–Crippen LogP) is 5.16. The van der Waals surface area contributed by atoms with Crippen LogP contribution in [0.5, 0.6) is 11.5 Å². The topological polar surface area (TPSA) is 71.3 Å². The Morgan fingerprint density at radius 1 is 1.29 bits per heavy atom. The predicted molar refractivity (Wildman–Crippen MR) is 112 cm³/mol. The molecule has 0 fully saturated rings. The van der Waals surface area contributed by atoms with Crippen LogP contribution >= 0.6 is 11.6 Å². The van der Waals surface area contributed by atoms with Gasteiger partial charge >= 0.3 is 0 Å². The fourth-order valence-corrected chi connectivity index (χ4v) is 2.64. The second-order valence-electron chi connectivity index (χ2n) is 5.85. The number of halogens is 1. The molecular formula is C22H21ClN2O3. The third kappa shape index (κ3) is 5.63. The molecule has 0 aliphatic rings. The maximum absolute atomic E-state index is 12.4. The standard InChI is InChI=1S/C22H21ClN2O3/c1-4-10-28-21-19(23)12-16(13-20(21)27-5-2)11-17(14-24)22(26)25-18-8-6-15(3)7-9-18/h4,6-9,11-13H,1,5,10H2,2-3H3,(H,25,26). The van der Waals surface area contributed by atoms with Crippen LogP contribution in [0.1, 0.15) is 18.1 Å². The van der Waals surface area contributed by atoms with Gasteiger partial charge in [-0.15, -0.1) is 0 Å². The summed E-state index contributed by atoms with van der Waals surface area (Å²) < 4.78 is 11.1. The molecule has 1 N–H and O–H groups in total. The number of aryl methyl sites for hydroxylation is 1. The van der Waals surface area contributed by atoms with Crippen molar-refractivity contribution in [2.75, 3.05) is 18.5 Å². The summed E-state index contributed by atoms with van der Waals surface area (Å²) in [5, 5.41) is 12.4. The summed E-state index contributed by atoms with van der Waals surface area (Å²) in [7, 11) is 0. The third-order valence-corrected chi connectivity index (χ3v) is 3.94. The molecule has 5 nitrogen and oxygen atoms in total. The monoisotopic (exact) mass is 396 g/mol. The van der Waals surface area contributed by atoms with Gasteiger partial charge in [0, 0.05) is 5.69 Å². The van der Waals surface area contributed by atoms with Gasteiger partial charge < -0.3 is 14.8 Å². The largest absolute Gasteiger partial charge is 0.490 e. The Kier molecular flexibility index (Phi) is 7.67. The summed E-state index contributed by atoms with van der Waals surface area (Å²) in [5.74, 6) is 0.315. The highest BCUT2D eigenvalue weighted by molar-refractivity contribution is 6.32. The number of nitriles is 1. The summed E-state index contributed by atoms with van der Waals surface area (Å²) in [6.45, 7) is 8.08. The van der Waals surface area contributed by atoms with Gasteiger partial charge in [0.15, 0.2) is 11.5 Å². The summed E-state index contributed by atoms with van der Waals surface area (Å²) in [5.41, 5.74) is 2.18. The van der Waals surface area contributed by atoms with Crippen LogP contribution in [0.25, 0.3) is 6.08 Å². The van der Waals surface area contributed by atoms with Crippen LogP contribution in [-0.2, 0) is 4.79 Å². The van der Waals surface area contributed by atoms with Crippen LogP contribution in [0.3, 0.4) is 0 Å². The Hall–Kier alpha value is -3.23. The number of anilines is 1. The van der Waals surface area contributed by atoms with E-state index < -0.39 is 5.91 Å². The number of benzene rings is 2. The van der Waals surface area contributed by atoms with E-state index in [0.717, 1.165) is 5.56 Å². The molecule has 0 radical (unpaired) electrons. The molecule has 2 aromatic carbocycles. The molecule has 0 aliphatic heterocycles. The van der Waals surface area contributed by atoms with Crippen LogP contribution < -0.4 is 14.8 Å². The van der Waals surface area contributed by atoms with Gasteiger partial charge in [-0.25, -0.2) is 0 Å². The van der Waals surface area contributed by atoms with Crippen LogP contribution in [0.15, 0.2) is 54.6 Å². The molecular weight excluding hydrogens is 376 g/mol. The summed E-state index contributed by atoms with van der Waals surface area (Å²) in [6.07, 6.45) is 3.05. The molecule has 6 heteroatoms. The molecule has 144 valence electrons. The van der Waals surface area contributed by atoms with E-state index in [2.05, 4.69) is 11.9 Å². The zero-order valence-electron chi connectivity index (χ0n) is 15.8. The number of nitrogens with zero attached hydrogens (tertiary/aromatic N) is 1. The van der Waals surface area contributed by atoms with Crippen LogP contribution in [0.2, 0.25) is 5.02 Å². The van der Waals surface area contributed by atoms with Crippen LogP contribution in [0, 0.1) is 18.3 Å². The quantitative estimate of drug-likeness (QED) is 0.380.